The van der Waals surface area contributed by atoms with Gasteiger partial charge in [-0.3, -0.25) is 9.48 Å². The summed E-state index contributed by atoms with van der Waals surface area (Å²) >= 11 is 0. The van der Waals surface area contributed by atoms with Gasteiger partial charge < -0.3 is 10.1 Å². The minimum absolute atomic E-state index is 0.111. The summed E-state index contributed by atoms with van der Waals surface area (Å²) in [6.45, 7) is 0.342. The molecule has 4 aromatic heterocycles. The van der Waals surface area contributed by atoms with Crippen LogP contribution in [0.25, 0.3) is 16.9 Å². The molecule has 4 rings (SSSR count). The zero-order valence-electron chi connectivity index (χ0n) is 19.0. The molecule has 1 N–H and O–H groups in total. The normalized spacial score (nSPS) is 11.6. The van der Waals surface area contributed by atoms with Crippen molar-refractivity contribution in [2.24, 2.45) is 7.05 Å². The minimum atomic E-state index is -4.51. The summed E-state index contributed by atoms with van der Waals surface area (Å²) in [4.78, 5) is 20.1. The molecule has 4 heterocycles. The fraction of sp³-hybridized carbons (Fsp3) is 0.261. The standard InChI is InChI=1S/C23H22F3N7O2/c1-32-13-16(11-29-32)17-5-6-21(30-19(17)14-34)33-22(7-8-28-33)31-20-10-15(4-3-9-35-2)18(12-27-20)23(24,25)26/h5-8,10-14H,3-4,9H2,1-2H3,(H,27,31). The van der Waals surface area contributed by atoms with Crippen molar-refractivity contribution in [3.8, 4) is 16.9 Å². The highest BCUT2D eigenvalue weighted by Gasteiger charge is 2.33. The number of ether oxygens (including phenoxy) is 1. The van der Waals surface area contributed by atoms with Crippen molar-refractivity contribution in [2.75, 3.05) is 19.0 Å². The summed E-state index contributed by atoms with van der Waals surface area (Å²) in [6, 6.07) is 6.41. The second-order valence-corrected chi connectivity index (χ2v) is 7.70. The van der Waals surface area contributed by atoms with Crippen LogP contribution in [0.2, 0.25) is 0 Å². The molecule has 0 aliphatic heterocycles. The molecule has 0 saturated carbocycles. The van der Waals surface area contributed by atoms with Crippen LogP contribution in [0.4, 0.5) is 24.8 Å². The second-order valence-electron chi connectivity index (χ2n) is 7.70. The highest BCUT2D eigenvalue weighted by atomic mass is 19.4. The van der Waals surface area contributed by atoms with Crippen LogP contribution in [0.1, 0.15) is 28.0 Å². The monoisotopic (exact) mass is 485 g/mol. The number of hydrogen-bond donors (Lipinski definition) is 1. The lowest BCUT2D eigenvalue weighted by atomic mass is 10.0. The predicted octanol–water partition coefficient (Wildman–Crippen LogP) is 4.22. The Morgan fingerprint density at radius 1 is 1.17 bits per heavy atom. The number of methoxy groups -OCH3 is 1. The van der Waals surface area contributed by atoms with Gasteiger partial charge in [-0.2, -0.15) is 28.1 Å². The molecule has 0 atom stereocenters. The fourth-order valence-corrected chi connectivity index (χ4v) is 3.62. The minimum Gasteiger partial charge on any atom is -0.385 e. The van der Waals surface area contributed by atoms with Crippen molar-refractivity contribution in [2.45, 2.75) is 19.0 Å². The molecular formula is C23H22F3N7O2. The molecule has 0 spiro atoms. The van der Waals surface area contributed by atoms with Crippen LogP contribution in [-0.4, -0.2) is 49.5 Å². The van der Waals surface area contributed by atoms with Crippen molar-refractivity contribution in [3.63, 3.8) is 0 Å². The van der Waals surface area contributed by atoms with Crippen LogP contribution >= 0.6 is 0 Å². The van der Waals surface area contributed by atoms with E-state index in [0.29, 0.717) is 36.5 Å². The van der Waals surface area contributed by atoms with E-state index in [-0.39, 0.29) is 23.5 Å². The summed E-state index contributed by atoms with van der Waals surface area (Å²) in [5, 5.41) is 11.4. The number of nitrogens with one attached hydrogen (secondary N) is 1. The van der Waals surface area contributed by atoms with Crippen LogP contribution in [0, 0.1) is 0 Å². The number of anilines is 2. The van der Waals surface area contributed by atoms with Gasteiger partial charge in [0.2, 0.25) is 0 Å². The molecule has 0 aromatic carbocycles. The second kappa shape index (κ2) is 10.1. The third-order valence-electron chi connectivity index (χ3n) is 5.24. The topological polar surface area (TPSA) is 99.8 Å². The molecule has 9 nitrogen and oxygen atoms in total. The van der Waals surface area contributed by atoms with Crippen LogP contribution in [0.15, 0.2) is 49.1 Å². The van der Waals surface area contributed by atoms with Crippen LogP contribution in [0.5, 0.6) is 0 Å². The van der Waals surface area contributed by atoms with Crippen molar-refractivity contribution in [1.29, 1.82) is 0 Å². The Bertz CT molecular complexity index is 1330. The number of pyridine rings is 2. The van der Waals surface area contributed by atoms with E-state index in [1.54, 1.807) is 42.3 Å². The van der Waals surface area contributed by atoms with Crippen molar-refractivity contribution >= 4 is 17.9 Å². The van der Waals surface area contributed by atoms with Gasteiger partial charge in [-0.1, -0.05) is 0 Å². The maximum atomic E-state index is 13.4. The number of alkyl halides is 3. The first-order chi connectivity index (χ1) is 16.8. The average molecular weight is 485 g/mol. The Hall–Kier alpha value is -4.06. The molecule has 0 fully saturated rings. The first-order valence-electron chi connectivity index (χ1n) is 10.6. The summed E-state index contributed by atoms with van der Waals surface area (Å²) in [7, 11) is 3.27. The maximum absolute atomic E-state index is 13.4. The van der Waals surface area contributed by atoms with Gasteiger partial charge in [0.1, 0.15) is 17.3 Å². The van der Waals surface area contributed by atoms with Gasteiger partial charge >= 0.3 is 6.18 Å². The summed E-state index contributed by atoms with van der Waals surface area (Å²) < 4.78 is 48.3. The highest BCUT2D eigenvalue weighted by molar-refractivity contribution is 5.85. The molecule has 182 valence electrons. The smallest absolute Gasteiger partial charge is 0.385 e. The van der Waals surface area contributed by atoms with Gasteiger partial charge in [0.25, 0.3) is 0 Å². The zero-order chi connectivity index (χ0) is 25.0. The highest BCUT2D eigenvalue weighted by Crippen LogP contribution is 2.33. The Labute approximate surface area is 198 Å². The van der Waals surface area contributed by atoms with Crippen molar-refractivity contribution < 1.29 is 22.7 Å². The van der Waals surface area contributed by atoms with E-state index < -0.39 is 11.7 Å². The average Bonchev–Trinajstić information content (AvgIpc) is 3.47. The fourth-order valence-electron chi connectivity index (χ4n) is 3.62. The summed E-state index contributed by atoms with van der Waals surface area (Å²) in [5.41, 5.74) is 0.882. The number of aldehydes is 1. The number of halogens is 3. The summed E-state index contributed by atoms with van der Waals surface area (Å²) in [5.74, 6) is 0.979. The SMILES string of the molecule is COCCCc1cc(Nc2ccnn2-c2ccc(-c3cnn(C)c3)c(C=O)n2)ncc1C(F)(F)F. The molecule has 0 unspecified atom stereocenters. The van der Waals surface area contributed by atoms with Crippen LogP contribution < -0.4 is 5.32 Å². The molecule has 0 bridgehead atoms. The number of aromatic nitrogens is 6. The molecule has 4 aromatic rings. The van der Waals surface area contributed by atoms with E-state index in [0.717, 1.165) is 11.8 Å². The molecule has 0 radical (unpaired) electrons. The van der Waals surface area contributed by atoms with Crippen LogP contribution in [0.3, 0.4) is 0 Å². The molecule has 35 heavy (non-hydrogen) atoms. The lowest BCUT2D eigenvalue weighted by Crippen LogP contribution is -2.12. The van der Waals surface area contributed by atoms with Gasteiger partial charge in [-0.25, -0.2) is 9.97 Å². The molecule has 0 amide bonds. The number of carbonyl (C=O) groups excluding carboxylic acids is 1. The Balaban J connectivity index is 1.64. The first-order valence-corrected chi connectivity index (χ1v) is 10.6. The number of aryl methyl sites for hydroxylation is 2. The van der Waals surface area contributed by atoms with E-state index in [1.807, 2.05) is 0 Å². The predicted molar refractivity (Wildman–Crippen MR) is 122 cm³/mol. The van der Waals surface area contributed by atoms with E-state index in [4.69, 9.17) is 4.74 Å². The van der Waals surface area contributed by atoms with E-state index >= 15 is 0 Å². The molecule has 0 aliphatic carbocycles. The third kappa shape index (κ3) is 5.38. The van der Waals surface area contributed by atoms with Gasteiger partial charge in [0, 0.05) is 50.4 Å². The summed E-state index contributed by atoms with van der Waals surface area (Å²) in [6.07, 6.45) is 2.46. The Kier molecular flexibility index (Phi) is 6.92. The number of rotatable bonds is 9. The zero-order valence-corrected chi connectivity index (χ0v) is 19.0. The third-order valence-corrected chi connectivity index (χ3v) is 5.24. The molecule has 0 aliphatic rings. The Morgan fingerprint density at radius 2 is 2.00 bits per heavy atom. The van der Waals surface area contributed by atoms with Crippen molar-refractivity contribution in [3.05, 3.63) is 65.9 Å². The Morgan fingerprint density at radius 3 is 2.69 bits per heavy atom. The lowest BCUT2D eigenvalue weighted by Gasteiger charge is -2.15. The number of carbonyl (C=O) groups is 1. The number of nitrogens with zero attached hydrogens (tertiary/aromatic N) is 6. The molecular weight excluding hydrogens is 463 g/mol. The van der Waals surface area contributed by atoms with Gasteiger partial charge in [0.15, 0.2) is 12.1 Å². The van der Waals surface area contributed by atoms with Gasteiger partial charge in [-0.05, 0) is 36.6 Å². The van der Waals surface area contributed by atoms with E-state index in [2.05, 4.69) is 25.5 Å². The first kappa shape index (κ1) is 24.1. The quantitative estimate of drug-likeness (QED) is 0.280. The van der Waals surface area contributed by atoms with Crippen LogP contribution in [-0.2, 0) is 24.4 Å². The lowest BCUT2D eigenvalue weighted by molar-refractivity contribution is -0.138. The van der Waals surface area contributed by atoms with E-state index in [1.165, 1.54) is 24.1 Å². The van der Waals surface area contributed by atoms with Gasteiger partial charge in [0.05, 0.1) is 18.0 Å². The maximum Gasteiger partial charge on any atom is 0.418 e. The largest absolute Gasteiger partial charge is 0.418 e. The number of hydrogen-bond acceptors (Lipinski definition) is 7. The molecule has 0 saturated heterocycles. The van der Waals surface area contributed by atoms with Crippen molar-refractivity contribution in [1.82, 2.24) is 29.5 Å². The molecule has 12 heteroatoms. The van der Waals surface area contributed by atoms with Gasteiger partial charge in [-0.15, -0.1) is 0 Å². The van der Waals surface area contributed by atoms with E-state index in [9.17, 15) is 18.0 Å².